The molecule has 27 heavy (non-hydrogen) atoms. The first kappa shape index (κ1) is 19.1. The molecule has 144 valence electrons. The van der Waals surface area contributed by atoms with Crippen LogP contribution >= 0.6 is 0 Å². The smallest absolute Gasteiger partial charge is 0.261 e. The minimum Gasteiger partial charge on any atom is -0.379 e. The van der Waals surface area contributed by atoms with Crippen LogP contribution in [0, 0.1) is 6.92 Å². The van der Waals surface area contributed by atoms with Crippen molar-refractivity contribution in [1.29, 1.82) is 0 Å². The fourth-order valence-electron chi connectivity index (χ4n) is 3.07. The van der Waals surface area contributed by atoms with Crippen LogP contribution < -0.4 is 10.9 Å². The van der Waals surface area contributed by atoms with E-state index in [-0.39, 0.29) is 11.7 Å². The summed E-state index contributed by atoms with van der Waals surface area (Å²) in [7, 11) is 0. The Morgan fingerprint density at radius 2 is 2.15 bits per heavy atom. The second-order valence-corrected chi connectivity index (χ2v) is 6.77. The van der Waals surface area contributed by atoms with Crippen LogP contribution in [0.15, 0.2) is 29.2 Å². The van der Waals surface area contributed by atoms with Crippen molar-refractivity contribution in [2.75, 3.05) is 18.5 Å². The van der Waals surface area contributed by atoms with Gasteiger partial charge in [-0.3, -0.25) is 9.36 Å². The van der Waals surface area contributed by atoms with Gasteiger partial charge in [0.2, 0.25) is 5.95 Å². The molecule has 7 nitrogen and oxygen atoms in total. The highest BCUT2D eigenvalue weighted by Crippen LogP contribution is 2.22. The van der Waals surface area contributed by atoms with Crippen molar-refractivity contribution >= 4 is 17.0 Å². The average Bonchev–Trinajstić information content (AvgIpc) is 3.14. The molecule has 3 aromatic heterocycles. The summed E-state index contributed by atoms with van der Waals surface area (Å²) in [5.74, 6) is 0.543. The average molecular weight is 369 g/mol. The van der Waals surface area contributed by atoms with Gasteiger partial charge in [-0.1, -0.05) is 0 Å². The lowest BCUT2D eigenvalue weighted by atomic mass is 10.1. The number of aromatic amines is 1. The largest absolute Gasteiger partial charge is 0.379 e. The predicted octanol–water partition coefficient (Wildman–Crippen LogP) is 3.34. The second kappa shape index (κ2) is 8.35. The number of rotatable bonds is 8. The molecule has 0 bridgehead atoms. The van der Waals surface area contributed by atoms with Crippen molar-refractivity contribution in [3.05, 3.63) is 40.4 Å². The van der Waals surface area contributed by atoms with E-state index in [0.717, 1.165) is 29.7 Å². The number of aromatic nitrogens is 4. The third-order valence-corrected chi connectivity index (χ3v) is 4.34. The predicted molar refractivity (Wildman–Crippen MR) is 108 cm³/mol. The highest BCUT2D eigenvalue weighted by atomic mass is 16.5. The maximum absolute atomic E-state index is 13.2. The number of H-pyrrole nitrogens is 1. The zero-order valence-electron chi connectivity index (χ0n) is 16.4. The first-order valence-corrected chi connectivity index (χ1v) is 9.42. The van der Waals surface area contributed by atoms with Gasteiger partial charge in [-0.25, -0.2) is 4.98 Å². The van der Waals surface area contributed by atoms with Crippen LogP contribution in [0.1, 0.15) is 32.9 Å². The van der Waals surface area contributed by atoms with Crippen LogP contribution in [0.5, 0.6) is 0 Å². The van der Waals surface area contributed by atoms with Crippen molar-refractivity contribution in [2.24, 2.45) is 0 Å². The number of aryl methyl sites for hydroxylation is 2. The van der Waals surface area contributed by atoms with Gasteiger partial charge in [-0.2, -0.15) is 4.98 Å². The molecule has 0 saturated carbocycles. The third kappa shape index (κ3) is 4.19. The summed E-state index contributed by atoms with van der Waals surface area (Å²) in [4.78, 5) is 25.5. The van der Waals surface area contributed by atoms with Crippen molar-refractivity contribution in [1.82, 2.24) is 19.5 Å². The zero-order chi connectivity index (χ0) is 19.4. The van der Waals surface area contributed by atoms with E-state index in [1.165, 1.54) is 0 Å². The normalized spacial score (nSPS) is 11.4. The second-order valence-electron chi connectivity index (χ2n) is 6.77. The summed E-state index contributed by atoms with van der Waals surface area (Å²) in [5, 5.41) is 4.02. The Morgan fingerprint density at radius 3 is 2.81 bits per heavy atom. The summed E-state index contributed by atoms with van der Waals surface area (Å²) in [5.41, 5.74) is 2.86. The van der Waals surface area contributed by atoms with Gasteiger partial charge in [0.15, 0.2) is 0 Å². The van der Waals surface area contributed by atoms with Crippen LogP contribution in [-0.2, 0) is 11.3 Å². The molecular weight excluding hydrogens is 342 g/mol. The van der Waals surface area contributed by atoms with E-state index in [1.54, 1.807) is 4.57 Å². The summed E-state index contributed by atoms with van der Waals surface area (Å²) in [6.07, 6.45) is 2.73. The number of nitrogens with one attached hydrogen (secondary N) is 2. The van der Waals surface area contributed by atoms with Gasteiger partial charge < -0.3 is 15.0 Å². The Kier molecular flexibility index (Phi) is 5.91. The van der Waals surface area contributed by atoms with Crippen LogP contribution in [0.4, 0.5) is 5.95 Å². The molecule has 0 aliphatic carbocycles. The third-order valence-electron chi connectivity index (χ3n) is 4.34. The SMILES string of the molecule is CCNc1nc(C)c2cc(-c3ccc[nH]3)c(=O)n(CCCOC(C)C)c2n1. The monoisotopic (exact) mass is 369 g/mol. The van der Waals surface area contributed by atoms with Crippen LogP contribution in [-0.4, -0.2) is 38.8 Å². The number of anilines is 1. The molecule has 0 spiro atoms. The maximum Gasteiger partial charge on any atom is 0.261 e. The molecule has 0 amide bonds. The zero-order valence-corrected chi connectivity index (χ0v) is 16.4. The maximum atomic E-state index is 13.2. The molecule has 0 radical (unpaired) electrons. The molecule has 0 aromatic carbocycles. The first-order chi connectivity index (χ1) is 13.0. The van der Waals surface area contributed by atoms with E-state index in [1.807, 2.05) is 52.1 Å². The van der Waals surface area contributed by atoms with Gasteiger partial charge in [0, 0.05) is 31.3 Å². The number of hydrogen-bond acceptors (Lipinski definition) is 5. The summed E-state index contributed by atoms with van der Waals surface area (Å²) in [6, 6.07) is 5.67. The van der Waals surface area contributed by atoms with Crippen molar-refractivity contribution in [2.45, 2.75) is 46.8 Å². The fourth-order valence-corrected chi connectivity index (χ4v) is 3.07. The Bertz CT molecular complexity index is 961. The summed E-state index contributed by atoms with van der Waals surface area (Å²) < 4.78 is 7.38. The van der Waals surface area contributed by atoms with Gasteiger partial charge in [0.25, 0.3) is 5.56 Å². The van der Waals surface area contributed by atoms with E-state index >= 15 is 0 Å². The van der Waals surface area contributed by atoms with Gasteiger partial charge in [0.1, 0.15) is 5.65 Å². The Morgan fingerprint density at radius 1 is 1.33 bits per heavy atom. The molecule has 0 aliphatic heterocycles. The molecule has 7 heteroatoms. The van der Waals surface area contributed by atoms with Crippen molar-refractivity contribution in [3.8, 4) is 11.3 Å². The molecule has 0 aliphatic rings. The number of fused-ring (bicyclic) bond motifs is 1. The summed E-state index contributed by atoms with van der Waals surface area (Å²) >= 11 is 0. The highest BCUT2D eigenvalue weighted by Gasteiger charge is 2.16. The molecule has 3 aromatic rings. The molecular formula is C20H27N5O2. The van der Waals surface area contributed by atoms with E-state index in [4.69, 9.17) is 4.74 Å². The van der Waals surface area contributed by atoms with Crippen molar-refractivity contribution < 1.29 is 4.74 Å². The Labute approximate surface area is 158 Å². The minimum atomic E-state index is -0.0601. The van der Waals surface area contributed by atoms with E-state index in [2.05, 4.69) is 20.3 Å². The molecule has 3 rings (SSSR count). The molecule has 0 fully saturated rings. The molecule has 3 heterocycles. The lowest BCUT2D eigenvalue weighted by Crippen LogP contribution is -2.25. The van der Waals surface area contributed by atoms with Gasteiger partial charge in [-0.05, 0) is 52.3 Å². The lowest BCUT2D eigenvalue weighted by molar-refractivity contribution is 0.0749. The Hall–Kier alpha value is -2.67. The summed E-state index contributed by atoms with van der Waals surface area (Å²) in [6.45, 7) is 9.81. The van der Waals surface area contributed by atoms with Gasteiger partial charge in [0.05, 0.1) is 23.1 Å². The number of hydrogen-bond donors (Lipinski definition) is 2. The molecule has 2 N–H and O–H groups in total. The van der Waals surface area contributed by atoms with E-state index in [0.29, 0.717) is 30.3 Å². The quantitative estimate of drug-likeness (QED) is 0.595. The standard InChI is InChI=1S/C20H27N5O2/c1-5-21-20-23-14(4)15-12-16(17-8-6-9-22-17)19(26)25(18(15)24-20)10-7-11-27-13(2)3/h6,8-9,12-13,22H,5,7,10-11H2,1-4H3,(H,21,23,24). The van der Waals surface area contributed by atoms with E-state index in [9.17, 15) is 4.79 Å². The van der Waals surface area contributed by atoms with E-state index < -0.39 is 0 Å². The topological polar surface area (TPSA) is 84.8 Å². The minimum absolute atomic E-state index is 0.0601. The molecule has 0 atom stereocenters. The number of pyridine rings is 1. The van der Waals surface area contributed by atoms with Crippen molar-refractivity contribution in [3.63, 3.8) is 0 Å². The Balaban J connectivity index is 2.11. The van der Waals surface area contributed by atoms with Crippen LogP contribution in [0.25, 0.3) is 22.3 Å². The van der Waals surface area contributed by atoms with Gasteiger partial charge in [-0.15, -0.1) is 0 Å². The van der Waals surface area contributed by atoms with Gasteiger partial charge >= 0.3 is 0 Å². The fraction of sp³-hybridized carbons (Fsp3) is 0.450. The van der Waals surface area contributed by atoms with Crippen LogP contribution in [0.3, 0.4) is 0 Å². The first-order valence-electron chi connectivity index (χ1n) is 9.42. The lowest BCUT2D eigenvalue weighted by Gasteiger charge is -2.15. The molecule has 0 saturated heterocycles. The highest BCUT2D eigenvalue weighted by molar-refractivity contribution is 5.83. The number of nitrogens with zero attached hydrogens (tertiary/aromatic N) is 3. The number of ether oxygens (including phenoxy) is 1. The molecule has 0 unspecified atom stereocenters. The van der Waals surface area contributed by atoms with Crippen LogP contribution in [0.2, 0.25) is 0 Å².